The van der Waals surface area contributed by atoms with Gasteiger partial charge in [0.2, 0.25) is 0 Å². The SMILES string of the molecule is Cc1cccc(Cc2csc(NC(=O)c3cc(Cl)c(C)cc3O)n2)n1. The molecule has 0 aliphatic heterocycles. The number of phenols is 1. The Kier molecular flexibility index (Phi) is 5.01. The smallest absolute Gasteiger partial charge is 0.261 e. The highest BCUT2D eigenvalue weighted by Crippen LogP contribution is 2.27. The number of hydrogen-bond acceptors (Lipinski definition) is 5. The minimum absolute atomic E-state index is 0.111. The Morgan fingerprint density at radius 2 is 2.04 bits per heavy atom. The summed E-state index contributed by atoms with van der Waals surface area (Å²) in [4.78, 5) is 21.2. The predicted molar refractivity (Wildman–Crippen MR) is 99.7 cm³/mol. The standard InChI is InChI=1S/C18H16ClN3O2S/c1-10-6-16(23)14(8-15(10)19)17(24)22-18-21-13(9-25-18)7-12-5-3-4-11(2)20-12/h3-6,8-9,23H,7H2,1-2H3,(H,21,22,24). The number of carbonyl (C=O) groups is 1. The molecule has 3 aromatic rings. The van der Waals surface area contributed by atoms with E-state index in [2.05, 4.69) is 15.3 Å². The molecule has 2 N–H and O–H groups in total. The number of carbonyl (C=O) groups excluding carboxylic acids is 1. The summed E-state index contributed by atoms with van der Waals surface area (Å²) < 4.78 is 0. The van der Waals surface area contributed by atoms with Crippen LogP contribution in [0.25, 0.3) is 0 Å². The number of anilines is 1. The molecule has 0 spiro atoms. The molecule has 3 rings (SSSR count). The van der Waals surface area contributed by atoms with E-state index >= 15 is 0 Å². The van der Waals surface area contributed by atoms with Gasteiger partial charge < -0.3 is 5.11 Å². The van der Waals surface area contributed by atoms with E-state index in [0.29, 0.717) is 22.1 Å². The molecular weight excluding hydrogens is 358 g/mol. The third-order valence-electron chi connectivity index (χ3n) is 3.60. The van der Waals surface area contributed by atoms with Crippen molar-refractivity contribution in [2.45, 2.75) is 20.3 Å². The highest BCUT2D eigenvalue weighted by Gasteiger charge is 2.15. The van der Waals surface area contributed by atoms with Crippen LogP contribution in [0.5, 0.6) is 5.75 Å². The van der Waals surface area contributed by atoms with Crippen molar-refractivity contribution in [3.63, 3.8) is 0 Å². The lowest BCUT2D eigenvalue weighted by Gasteiger charge is -2.07. The summed E-state index contributed by atoms with van der Waals surface area (Å²) >= 11 is 7.35. The van der Waals surface area contributed by atoms with E-state index in [9.17, 15) is 9.90 Å². The number of nitrogens with zero attached hydrogens (tertiary/aromatic N) is 2. The van der Waals surface area contributed by atoms with Gasteiger partial charge in [0, 0.05) is 28.2 Å². The van der Waals surface area contributed by atoms with Crippen LogP contribution in [0.4, 0.5) is 5.13 Å². The monoisotopic (exact) mass is 373 g/mol. The lowest BCUT2D eigenvalue weighted by atomic mass is 10.1. The summed E-state index contributed by atoms with van der Waals surface area (Å²) in [6.45, 7) is 3.70. The molecule has 5 nitrogen and oxygen atoms in total. The van der Waals surface area contributed by atoms with Crippen LogP contribution >= 0.6 is 22.9 Å². The van der Waals surface area contributed by atoms with Crippen LogP contribution in [0.1, 0.15) is 33.0 Å². The van der Waals surface area contributed by atoms with Gasteiger partial charge in [0.05, 0.1) is 11.3 Å². The normalized spacial score (nSPS) is 10.7. The van der Waals surface area contributed by atoms with Gasteiger partial charge in [0.25, 0.3) is 5.91 Å². The number of thiazole rings is 1. The molecule has 0 aliphatic rings. The number of amides is 1. The van der Waals surface area contributed by atoms with Gasteiger partial charge in [-0.2, -0.15) is 0 Å². The summed E-state index contributed by atoms with van der Waals surface area (Å²) in [7, 11) is 0. The Morgan fingerprint density at radius 3 is 2.80 bits per heavy atom. The molecule has 0 fully saturated rings. The zero-order valence-corrected chi connectivity index (χ0v) is 15.3. The van der Waals surface area contributed by atoms with Crippen molar-refractivity contribution in [3.8, 4) is 5.75 Å². The van der Waals surface area contributed by atoms with E-state index in [0.717, 1.165) is 17.1 Å². The maximum absolute atomic E-state index is 12.3. The second kappa shape index (κ2) is 7.21. The molecule has 0 saturated carbocycles. The van der Waals surface area contributed by atoms with Crippen molar-refractivity contribution in [3.05, 3.63) is 68.9 Å². The summed E-state index contributed by atoms with van der Waals surface area (Å²) in [5.41, 5.74) is 3.52. The first-order chi connectivity index (χ1) is 11.9. The van der Waals surface area contributed by atoms with E-state index in [4.69, 9.17) is 11.6 Å². The zero-order chi connectivity index (χ0) is 18.0. The van der Waals surface area contributed by atoms with Crippen LogP contribution in [0.15, 0.2) is 35.7 Å². The van der Waals surface area contributed by atoms with Crippen molar-refractivity contribution in [2.24, 2.45) is 0 Å². The molecular formula is C18H16ClN3O2S. The average Bonchev–Trinajstić information content (AvgIpc) is 2.97. The summed E-state index contributed by atoms with van der Waals surface area (Å²) in [6.07, 6.45) is 0.593. The number of pyridine rings is 1. The molecule has 7 heteroatoms. The van der Waals surface area contributed by atoms with Gasteiger partial charge in [-0.25, -0.2) is 4.98 Å². The molecule has 25 heavy (non-hydrogen) atoms. The van der Waals surface area contributed by atoms with Gasteiger partial charge >= 0.3 is 0 Å². The van der Waals surface area contributed by atoms with E-state index in [1.165, 1.54) is 23.5 Å². The molecule has 128 valence electrons. The first-order valence-corrected chi connectivity index (χ1v) is 8.85. The van der Waals surface area contributed by atoms with Gasteiger partial charge in [-0.15, -0.1) is 11.3 Å². The van der Waals surface area contributed by atoms with Crippen LogP contribution in [-0.4, -0.2) is 21.0 Å². The molecule has 0 unspecified atom stereocenters. The third-order valence-corrected chi connectivity index (χ3v) is 4.82. The van der Waals surface area contributed by atoms with Crippen LogP contribution < -0.4 is 5.32 Å². The van der Waals surface area contributed by atoms with E-state index < -0.39 is 5.91 Å². The van der Waals surface area contributed by atoms with Gasteiger partial charge in [-0.3, -0.25) is 15.1 Å². The number of phenolic OH excluding ortho intramolecular Hbond substituents is 1. The summed E-state index contributed by atoms with van der Waals surface area (Å²) in [5, 5.41) is 15.4. The molecule has 1 aromatic carbocycles. The molecule has 0 atom stereocenters. The number of aromatic nitrogens is 2. The minimum Gasteiger partial charge on any atom is -0.507 e. The van der Waals surface area contributed by atoms with Crippen molar-refractivity contribution in [2.75, 3.05) is 5.32 Å². The average molecular weight is 374 g/mol. The Hall–Kier alpha value is -2.44. The van der Waals surface area contributed by atoms with E-state index in [1.807, 2.05) is 30.5 Å². The molecule has 0 saturated heterocycles. The fourth-order valence-corrected chi connectivity index (χ4v) is 3.21. The van der Waals surface area contributed by atoms with Crippen LogP contribution in [-0.2, 0) is 6.42 Å². The Labute approximate surface area is 154 Å². The largest absolute Gasteiger partial charge is 0.507 e. The number of benzene rings is 1. The first-order valence-electron chi connectivity index (χ1n) is 7.60. The number of aromatic hydroxyl groups is 1. The fraction of sp³-hybridized carbons (Fsp3) is 0.167. The van der Waals surface area contributed by atoms with Crippen molar-refractivity contribution in [1.82, 2.24) is 9.97 Å². The van der Waals surface area contributed by atoms with Crippen molar-refractivity contribution < 1.29 is 9.90 Å². The maximum Gasteiger partial charge on any atom is 0.261 e. The van der Waals surface area contributed by atoms with Gasteiger partial charge in [0.1, 0.15) is 5.75 Å². The molecule has 0 aliphatic carbocycles. The second-order valence-electron chi connectivity index (χ2n) is 5.66. The van der Waals surface area contributed by atoms with Crippen molar-refractivity contribution >= 4 is 34.0 Å². The summed E-state index contributed by atoms with van der Waals surface area (Å²) in [6, 6.07) is 8.75. The number of aryl methyl sites for hydroxylation is 2. The third kappa shape index (κ3) is 4.15. The van der Waals surface area contributed by atoms with E-state index in [1.54, 1.807) is 6.92 Å². The highest BCUT2D eigenvalue weighted by atomic mass is 35.5. The first kappa shape index (κ1) is 17.4. The van der Waals surface area contributed by atoms with Gasteiger partial charge in [0.15, 0.2) is 5.13 Å². The lowest BCUT2D eigenvalue weighted by Crippen LogP contribution is -2.12. The van der Waals surface area contributed by atoms with Gasteiger partial charge in [-0.05, 0) is 43.7 Å². The topological polar surface area (TPSA) is 75.1 Å². The van der Waals surface area contributed by atoms with Gasteiger partial charge in [-0.1, -0.05) is 17.7 Å². The maximum atomic E-state index is 12.3. The Bertz CT molecular complexity index is 940. The molecule has 0 bridgehead atoms. The minimum atomic E-state index is -0.450. The van der Waals surface area contributed by atoms with E-state index in [-0.39, 0.29) is 11.3 Å². The number of rotatable bonds is 4. The summed E-state index contributed by atoms with van der Waals surface area (Å²) in [5.74, 6) is -0.561. The lowest BCUT2D eigenvalue weighted by molar-refractivity contribution is 0.102. The molecule has 0 radical (unpaired) electrons. The number of hydrogen-bond donors (Lipinski definition) is 2. The molecule has 2 aromatic heterocycles. The van der Waals surface area contributed by atoms with Crippen molar-refractivity contribution in [1.29, 1.82) is 0 Å². The fourth-order valence-electron chi connectivity index (χ4n) is 2.34. The molecule has 1 amide bonds. The van der Waals surface area contributed by atoms with Crippen LogP contribution in [0.3, 0.4) is 0 Å². The predicted octanol–water partition coefficient (Wildman–Crippen LogP) is 4.36. The Morgan fingerprint density at radius 1 is 1.24 bits per heavy atom. The zero-order valence-electron chi connectivity index (χ0n) is 13.7. The quantitative estimate of drug-likeness (QED) is 0.712. The highest BCUT2D eigenvalue weighted by molar-refractivity contribution is 7.14. The molecule has 2 heterocycles. The second-order valence-corrected chi connectivity index (χ2v) is 6.93. The van der Waals surface area contributed by atoms with Crippen LogP contribution in [0.2, 0.25) is 5.02 Å². The van der Waals surface area contributed by atoms with Crippen LogP contribution in [0, 0.1) is 13.8 Å². The number of halogens is 1. The number of nitrogens with one attached hydrogen (secondary N) is 1. The Balaban J connectivity index is 1.73.